The minimum atomic E-state index is 0.0472. The molecule has 0 aliphatic carbocycles. The molecule has 20 heavy (non-hydrogen) atoms. The number of nitrogens with one attached hydrogen (secondary N) is 2. The number of benzene rings is 1. The van der Waals surface area contributed by atoms with Crippen LogP contribution in [0.25, 0.3) is 0 Å². The fraction of sp³-hybridized carbons (Fsp3) is 0.562. The largest absolute Gasteiger partial charge is 0.497 e. The van der Waals surface area contributed by atoms with Gasteiger partial charge in [-0.1, -0.05) is 26.0 Å². The van der Waals surface area contributed by atoms with E-state index in [1.54, 1.807) is 7.11 Å². The van der Waals surface area contributed by atoms with Gasteiger partial charge < -0.3 is 15.4 Å². The Morgan fingerprint density at radius 3 is 2.40 bits per heavy atom. The van der Waals surface area contributed by atoms with Gasteiger partial charge in [0, 0.05) is 12.6 Å². The van der Waals surface area contributed by atoms with Gasteiger partial charge in [-0.2, -0.15) is 0 Å². The second kappa shape index (κ2) is 8.59. The standard InChI is InChI=1S/C16H26N2O2/c1-12(2)9-10-17-16(19)11-18-13(3)14-5-7-15(20-4)8-6-14/h5-8,12-13,18H,9-11H2,1-4H3,(H,17,19). The third kappa shape index (κ3) is 6.06. The van der Waals surface area contributed by atoms with E-state index in [9.17, 15) is 4.79 Å². The van der Waals surface area contributed by atoms with Crippen LogP contribution in [0.3, 0.4) is 0 Å². The highest BCUT2D eigenvalue weighted by Gasteiger charge is 2.07. The molecule has 2 N–H and O–H groups in total. The average Bonchev–Trinajstić information content (AvgIpc) is 2.44. The van der Waals surface area contributed by atoms with E-state index in [4.69, 9.17) is 4.74 Å². The predicted molar refractivity (Wildman–Crippen MR) is 81.9 cm³/mol. The van der Waals surface area contributed by atoms with Crippen molar-refractivity contribution < 1.29 is 9.53 Å². The maximum Gasteiger partial charge on any atom is 0.233 e. The van der Waals surface area contributed by atoms with Crippen molar-refractivity contribution in [1.29, 1.82) is 0 Å². The van der Waals surface area contributed by atoms with E-state index in [1.165, 1.54) is 0 Å². The van der Waals surface area contributed by atoms with E-state index in [0.717, 1.165) is 24.3 Å². The first-order valence-electron chi connectivity index (χ1n) is 7.17. The minimum absolute atomic E-state index is 0.0472. The first-order valence-corrected chi connectivity index (χ1v) is 7.17. The first kappa shape index (κ1) is 16.5. The van der Waals surface area contributed by atoms with Gasteiger partial charge in [-0.25, -0.2) is 0 Å². The van der Waals surface area contributed by atoms with Crippen molar-refractivity contribution in [2.45, 2.75) is 33.2 Å². The molecular formula is C16H26N2O2. The number of hydrogen-bond acceptors (Lipinski definition) is 3. The van der Waals surface area contributed by atoms with Crippen LogP contribution in [0, 0.1) is 5.92 Å². The Hall–Kier alpha value is -1.55. The predicted octanol–water partition coefficient (Wildman–Crippen LogP) is 2.51. The summed E-state index contributed by atoms with van der Waals surface area (Å²) in [7, 11) is 1.65. The number of carbonyl (C=O) groups excluding carboxylic acids is 1. The normalized spacial score (nSPS) is 12.2. The van der Waals surface area contributed by atoms with Crippen LogP contribution in [-0.2, 0) is 4.79 Å². The molecule has 1 aromatic rings. The molecule has 0 aliphatic rings. The maximum absolute atomic E-state index is 11.7. The summed E-state index contributed by atoms with van der Waals surface area (Å²) in [5, 5.41) is 6.14. The highest BCUT2D eigenvalue weighted by Crippen LogP contribution is 2.16. The topological polar surface area (TPSA) is 50.4 Å². The van der Waals surface area contributed by atoms with Gasteiger partial charge in [0.15, 0.2) is 0 Å². The quantitative estimate of drug-likeness (QED) is 0.768. The van der Waals surface area contributed by atoms with Gasteiger partial charge in [0.05, 0.1) is 13.7 Å². The molecule has 1 unspecified atom stereocenters. The van der Waals surface area contributed by atoms with Crippen LogP contribution in [-0.4, -0.2) is 26.1 Å². The molecule has 0 radical (unpaired) electrons. The molecule has 4 heteroatoms. The fourth-order valence-electron chi connectivity index (χ4n) is 1.82. The summed E-state index contributed by atoms with van der Waals surface area (Å²) < 4.78 is 5.13. The highest BCUT2D eigenvalue weighted by molar-refractivity contribution is 5.77. The molecule has 112 valence electrons. The van der Waals surface area contributed by atoms with E-state index < -0.39 is 0 Å². The molecule has 0 bridgehead atoms. The molecule has 0 heterocycles. The maximum atomic E-state index is 11.7. The molecule has 0 aliphatic heterocycles. The number of rotatable bonds is 8. The number of carbonyl (C=O) groups is 1. The molecule has 1 atom stereocenters. The molecule has 0 fully saturated rings. The van der Waals surface area contributed by atoms with Crippen molar-refractivity contribution in [2.75, 3.05) is 20.2 Å². The minimum Gasteiger partial charge on any atom is -0.497 e. The van der Waals surface area contributed by atoms with E-state index in [1.807, 2.05) is 31.2 Å². The second-order valence-electron chi connectivity index (χ2n) is 5.41. The SMILES string of the molecule is COc1ccc(C(C)NCC(=O)NCCC(C)C)cc1. The van der Waals surface area contributed by atoms with E-state index in [-0.39, 0.29) is 11.9 Å². The third-order valence-electron chi connectivity index (χ3n) is 3.23. The van der Waals surface area contributed by atoms with Gasteiger partial charge in [-0.05, 0) is 37.0 Å². The molecule has 0 spiro atoms. The van der Waals surface area contributed by atoms with Crippen LogP contribution >= 0.6 is 0 Å². The summed E-state index contributed by atoms with van der Waals surface area (Å²) in [6.45, 7) is 7.43. The molecule has 0 aromatic heterocycles. The van der Waals surface area contributed by atoms with Crippen molar-refractivity contribution in [1.82, 2.24) is 10.6 Å². The van der Waals surface area contributed by atoms with Crippen LogP contribution in [0.15, 0.2) is 24.3 Å². The van der Waals surface area contributed by atoms with Crippen molar-refractivity contribution in [2.24, 2.45) is 5.92 Å². The van der Waals surface area contributed by atoms with Gasteiger partial charge >= 0.3 is 0 Å². The zero-order valence-corrected chi connectivity index (χ0v) is 12.9. The smallest absolute Gasteiger partial charge is 0.233 e. The zero-order valence-electron chi connectivity index (χ0n) is 12.9. The Balaban J connectivity index is 2.31. The van der Waals surface area contributed by atoms with Crippen molar-refractivity contribution in [3.63, 3.8) is 0 Å². The molecule has 0 saturated carbocycles. The molecule has 1 aromatic carbocycles. The lowest BCUT2D eigenvalue weighted by Gasteiger charge is -2.15. The Kier molecular flexibility index (Phi) is 7.09. The lowest BCUT2D eigenvalue weighted by atomic mass is 10.1. The third-order valence-corrected chi connectivity index (χ3v) is 3.23. The Bertz CT molecular complexity index is 401. The number of amides is 1. The Morgan fingerprint density at radius 1 is 1.20 bits per heavy atom. The Labute approximate surface area is 121 Å². The van der Waals surface area contributed by atoms with Crippen LogP contribution < -0.4 is 15.4 Å². The highest BCUT2D eigenvalue weighted by atomic mass is 16.5. The van der Waals surface area contributed by atoms with Crippen LogP contribution in [0.5, 0.6) is 5.75 Å². The van der Waals surface area contributed by atoms with Crippen LogP contribution in [0.2, 0.25) is 0 Å². The van der Waals surface area contributed by atoms with E-state index >= 15 is 0 Å². The Morgan fingerprint density at radius 2 is 1.85 bits per heavy atom. The summed E-state index contributed by atoms with van der Waals surface area (Å²) in [5.41, 5.74) is 1.14. The molecular weight excluding hydrogens is 252 g/mol. The van der Waals surface area contributed by atoms with Crippen molar-refractivity contribution in [3.05, 3.63) is 29.8 Å². The first-order chi connectivity index (χ1) is 9.52. The summed E-state index contributed by atoms with van der Waals surface area (Å²) in [6.07, 6.45) is 1.01. The monoisotopic (exact) mass is 278 g/mol. The molecule has 1 amide bonds. The van der Waals surface area contributed by atoms with Crippen LogP contribution in [0.4, 0.5) is 0 Å². The fourth-order valence-corrected chi connectivity index (χ4v) is 1.82. The van der Waals surface area contributed by atoms with Gasteiger partial charge in [0.1, 0.15) is 5.75 Å². The van der Waals surface area contributed by atoms with E-state index in [2.05, 4.69) is 24.5 Å². The molecule has 1 rings (SSSR count). The van der Waals surface area contributed by atoms with Gasteiger partial charge in [0.2, 0.25) is 5.91 Å². The number of ether oxygens (including phenoxy) is 1. The lowest BCUT2D eigenvalue weighted by Crippen LogP contribution is -2.35. The lowest BCUT2D eigenvalue weighted by molar-refractivity contribution is -0.120. The summed E-state index contributed by atoms with van der Waals surface area (Å²) in [4.78, 5) is 11.7. The van der Waals surface area contributed by atoms with Gasteiger partial charge in [-0.15, -0.1) is 0 Å². The molecule has 0 saturated heterocycles. The van der Waals surface area contributed by atoms with Crippen molar-refractivity contribution in [3.8, 4) is 5.75 Å². The second-order valence-corrected chi connectivity index (χ2v) is 5.41. The average molecular weight is 278 g/mol. The molecule has 4 nitrogen and oxygen atoms in total. The van der Waals surface area contributed by atoms with Gasteiger partial charge in [-0.3, -0.25) is 4.79 Å². The van der Waals surface area contributed by atoms with Crippen LogP contribution in [0.1, 0.15) is 38.8 Å². The van der Waals surface area contributed by atoms with Crippen molar-refractivity contribution >= 4 is 5.91 Å². The zero-order chi connectivity index (χ0) is 15.0. The van der Waals surface area contributed by atoms with Gasteiger partial charge in [0.25, 0.3) is 0 Å². The number of hydrogen-bond donors (Lipinski definition) is 2. The van der Waals surface area contributed by atoms with E-state index in [0.29, 0.717) is 12.5 Å². The summed E-state index contributed by atoms with van der Waals surface area (Å²) in [6, 6.07) is 8.00. The summed E-state index contributed by atoms with van der Waals surface area (Å²) >= 11 is 0. The summed E-state index contributed by atoms with van der Waals surface area (Å²) in [5.74, 6) is 1.50. The number of methoxy groups -OCH3 is 1.